The number of hydrogen-bond donors (Lipinski definition) is 0. The van der Waals surface area contributed by atoms with E-state index in [1.807, 2.05) is 0 Å². The largest absolute Gasteiger partial charge is 0.310 e. The second-order valence-electron chi connectivity index (χ2n) is 18.2. The summed E-state index contributed by atoms with van der Waals surface area (Å²) in [6, 6.07) is 85.1. The highest BCUT2D eigenvalue weighted by Gasteiger charge is 2.29. The third kappa shape index (κ3) is 6.50. The first-order valence-electron chi connectivity index (χ1n) is 22.6. The molecule has 3 nitrogen and oxygen atoms in total. The van der Waals surface area contributed by atoms with Crippen molar-refractivity contribution < 1.29 is 0 Å². The quantitative estimate of drug-likeness (QED) is 0.160. The Balaban J connectivity index is 1.28. The van der Waals surface area contributed by atoms with Crippen molar-refractivity contribution in [2.75, 3.05) is 14.7 Å². The molecule has 0 aromatic heterocycles. The van der Waals surface area contributed by atoms with Crippen LogP contribution in [0.15, 0.2) is 231 Å². The maximum absolute atomic E-state index is 2.52. The van der Waals surface area contributed by atoms with Crippen molar-refractivity contribution in [3.63, 3.8) is 0 Å². The Morgan fingerprint density at radius 2 is 0.692 bits per heavy atom. The second kappa shape index (κ2) is 15.3. The summed E-state index contributed by atoms with van der Waals surface area (Å²) in [7, 11) is 0. The van der Waals surface area contributed by atoms with E-state index in [0.717, 1.165) is 73.4 Å². The molecule has 1 heterocycles. The Kier molecular flexibility index (Phi) is 9.06. The molecule has 0 unspecified atom stereocenters. The van der Waals surface area contributed by atoms with Crippen molar-refractivity contribution in [2.45, 2.75) is 26.2 Å². The van der Waals surface area contributed by atoms with E-state index in [2.05, 4.69) is 266 Å². The molecule has 0 saturated carbocycles. The number of para-hydroxylation sites is 3. The molecule has 65 heavy (non-hydrogen) atoms. The average molecular weight is 834 g/mol. The fourth-order valence-corrected chi connectivity index (χ4v) is 10.1. The maximum Gasteiger partial charge on any atom is 0.0561 e. The Morgan fingerprint density at radius 1 is 0.292 bits per heavy atom. The Morgan fingerprint density at radius 3 is 1.15 bits per heavy atom. The van der Waals surface area contributed by atoms with Crippen LogP contribution >= 0.6 is 0 Å². The molecular weight excluding hydrogens is 787 g/mol. The molecule has 0 radical (unpaired) electrons. The fraction of sp³-hybridized carbons (Fsp3) is 0.0645. The molecule has 0 amide bonds. The number of rotatable bonds is 5. The lowest BCUT2D eigenvalue weighted by molar-refractivity contribution is 0.591. The van der Waals surface area contributed by atoms with E-state index in [0.29, 0.717) is 0 Å². The molecule has 0 aliphatic carbocycles. The summed E-state index contributed by atoms with van der Waals surface area (Å²) in [5.74, 6) is 0. The van der Waals surface area contributed by atoms with Crippen LogP contribution in [0.4, 0.5) is 51.2 Å². The lowest BCUT2D eigenvalue weighted by Crippen LogP contribution is -2.18. The van der Waals surface area contributed by atoms with Crippen LogP contribution in [0.3, 0.4) is 0 Å². The Hall–Kier alpha value is -8.14. The molecule has 0 N–H and O–H groups in total. The third-order valence-corrected chi connectivity index (χ3v) is 13.2. The fourth-order valence-electron chi connectivity index (χ4n) is 10.1. The summed E-state index contributed by atoms with van der Waals surface area (Å²) >= 11 is 0. The van der Waals surface area contributed by atoms with Crippen molar-refractivity contribution in [3.05, 3.63) is 236 Å². The third-order valence-electron chi connectivity index (χ3n) is 13.2. The molecule has 310 valence electrons. The summed E-state index contributed by atoms with van der Waals surface area (Å²) < 4.78 is 0. The van der Waals surface area contributed by atoms with Crippen molar-refractivity contribution in [3.8, 4) is 22.3 Å². The SMILES string of the molecule is CC(C)(C)c1cc2ccc3c4cc(c5ccc(c1)c2c35)N(c1ccccc1-c1ccccc1)c1cccc(c1)N(c1ccccc1)c1cccc(c1)N4c1ccccc1-c1ccccc1. The zero-order chi connectivity index (χ0) is 43.6. The number of hydrogen-bond acceptors (Lipinski definition) is 3. The highest BCUT2D eigenvalue weighted by molar-refractivity contribution is 6.29. The van der Waals surface area contributed by atoms with Gasteiger partial charge in [0.1, 0.15) is 0 Å². The van der Waals surface area contributed by atoms with Gasteiger partial charge in [0.05, 0.1) is 22.7 Å². The van der Waals surface area contributed by atoms with Gasteiger partial charge >= 0.3 is 0 Å². The minimum atomic E-state index is -0.00586. The molecular formula is C62H47N3. The molecule has 11 aromatic rings. The van der Waals surface area contributed by atoms with Gasteiger partial charge in [-0.1, -0.05) is 185 Å². The number of fused-ring (bicyclic) bond motifs is 8. The number of benzene rings is 11. The second-order valence-corrected chi connectivity index (χ2v) is 18.2. The van der Waals surface area contributed by atoms with Gasteiger partial charge in [-0.15, -0.1) is 0 Å². The van der Waals surface area contributed by atoms with E-state index in [1.165, 1.54) is 37.9 Å². The molecule has 0 saturated heterocycles. The van der Waals surface area contributed by atoms with Crippen LogP contribution in [-0.2, 0) is 5.41 Å². The Labute approximate surface area is 381 Å². The average Bonchev–Trinajstić information content (AvgIpc) is 3.35. The number of nitrogens with zero attached hydrogens (tertiary/aromatic N) is 3. The normalized spacial score (nSPS) is 12.8. The van der Waals surface area contributed by atoms with Gasteiger partial charge in [0.25, 0.3) is 0 Å². The van der Waals surface area contributed by atoms with E-state index in [-0.39, 0.29) is 5.41 Å². The van der Waals surface area contributed by atoms with Crippen LogP contribution in [0.25, 0.3) is 54.6 Å². The van der Waals surface area contributed by atoms with Crippen LogP contribution in [0.5, 0.6) is 0 Å². The smallest absolute Gasteiger partial charge is 0.0561 e. The van der Waals surface area contributed by atoms with Gasteiger partial charge in [0.2, 0.25) is 0 Å². The molecule has 6 bridgehead atoms. The molecule has 1 aliphatic heterocycles. The molecule has 11 aromatic carbocycles. The summed E-state index contributed by atoms with van der Waals surface area (Å²) in [4.78, 5) is 7.42. The first-order chi connectivity index (χ1) is 31.9. The van der Waals surface area contributed by atoms with E-state index in [9.17, 15) is 0 Å². The van der Waals surface area contributed by atoms with E-state index in [1.54, 1.807) is 0 Å². The van der Waals surface area contributed by atoms with Crippen molar-refractivity contribution in [2.24, 2.45) is 0 Å². The molecule has 12 rings (SSSR count). The van der Waals surface area contributed by atoms with Crippen LogP contribution in [0.2, 0.25) is 0 Å². The monoisotopic (exact) mass is 833 g/mol. The van der Waals surface area contributed by atoms with E-state index in [4.69, 9.17) is 0 Å². The zero-order valence-electron chi connectivity index (χ0n) is 36.8. The minimum absolute atomic E-state index is 0.00586. The Bertz CT molecular complexity index is 3330. The predicted molar refractivity (Wildman–Crippen MR) is 277 cm³/mol. The molecule has 3 heteroatoms. The summed E-state index contributed by atoms with van der Waals surface area (Å²) in [6.07, 6.45) is 0. The summed E-state index contributed by atoms with van der Waals surface area (Å²) in [5, 5.41) is 7.44. The van der Waals surface area contributed by atoms with Gasteiger partial charge < -0.3 is 14.7 Å². The predicted octanol–water partition coefficient (Wildman–Crippen LogP) is 17.9. The first-order valence-corrected chi connectivity index (χ1v) is 22.6. The summed E-state index contributed by atoms with van der Waals surface area (Å²) in [6.45, 7) is 6.93. The van der Waals surface area contributed by atoms with Crippen molar-refractivity contribution in [1.82, 2.24) is 0 Å². The van der Waals surface area contributed by atoms with E-state index < -0.39 is 0 Å². The van der Waals surface area contributed by atoms with Crippen molar-refractivity contribution >= 4 is 83.5 Å². The zero-order valence-corrected chi connectivity index (χ0v) is 36.8. The van der Waals surface area contributed by atoms with Gasteiger partial charge in [-0.05, 0) is 105 Å². The van der Waals surface area contributed by atoms with Crippen LogP contribution in [0.1, 0.15) is 26.3 Å². The van der Waals surface area contributed by atoms with Gasteiger partial charge in [0, 0.05) is 55.7 Å². The lowest BCUT2D eigenvalue weighted by atomic mass is 9.83. The van der Waals surface area contributed by atoms with E-state index >= 15 is 0 Å². The van der Waals surface area contributed by atoms with Crippen LogP contribution in [0, 0.1) is 0 Å². The van der Waals surface area contributed by atoms with Crippen LogP contribution in [-0.4, -0.2) is 0 Å². The minimum Gasteiger partial charge on any atom is -0.310 e. The van der Waals surface area contributed by atoms with Gasteiger partial charge in [-0.2, -0.15) is 0 Å². The molecule has 1 aliphatic rings. The van der Waals surface area contributed by atoms with Crippen LogP contribution < -0.4 is 14.7 Å². The van der Waals surface area contributed by atoms with Gasteiger partial charge in [0.15, 0.2) is 0 Å². The highest BCUT2D eigenvalue weighted by atomic mass is 15.2. The topological polar surface area (TPSA) is 9.72 Å². The molecule has 0 fully saturated rings. The standard InChI is InChI=1S/C62H47N3/c1-62(2,3)46-37-44-33-35-54-58-41-59(55-36-34-45(38-46)60(44)61(54)55)65(57-32-16-14-30-53(57)43-21-9-5-10-22-43)51-28-18-26-49(40-51)63(47-23-11-6-12-24-47)48-25-17-27-50(39-48)64(58)56-31-15-13-29-52(56)42-19-7-4-8-20-42/h4-41H,1-3H3. The maximum atomic E-state index is 2.52. The first kappa shape index (κ1) is 38.5. The molecule has 0 atom stereocenters. The van der Waals surface area contributed by atoms with Crippen molar-refractivity contribution in [1.29, 1.82) is 0 Å². The summed E-state index contributed by atoms with van der Waals surface area (Å²) in [5.41, 5.74) is 15.7. The van der Waals surface area contributed by atoms with Gasteiger partial charge in [-0.25, -0.2) is 0 Å². The lowest BCUT2D eigenvalue weighted by Gasteiger charge is -2.36. The molecule has 0 spiro atoms. The number of anilines is 9. The van der Waals surface area contributed by atoms with Gasteiger partial charge in [-0.3, -0.25) is 0 Å². The highest BCUT2D eigenvalue weighted by Crippen LogP contribution is 2.54.